The molecule has 0 aliphatic carbocycles. The minimum absolute atomic E-state index is 0.0143. The maximum atomic E-state index is 11.3. The SMILES string of the molecule is CCC(=O)Nc1ccc(NCc2cc(Cl)ccc2O)cc1. The second-order valence-electron chi connectivity index (χ2n) is 4.61. The molecule has 0 radical (unpaired) electrons. The Morgan fingerprint density at radius 3 is 2.48 bits per heavy atom. The van der Waals surface area contributed by atoms with Gasteiger partial charge in [-0.15, -0.1) is 0 Å². The number of aromatic hydroxyl groups is 1. The van der Waals surface area contributed by atoms with Crippen LogP contribution in [0.25, 0.3) is 0 Å². The zero-order chi connectivity index (χ0) is 15.2. The van der Waals surface area contributed by atoms with Crippen molar-refractivity contribution in [1.82, 2.24) is 0 Å². The Hall–Kier alpha value is -2.20. The lowest BCUT2D eigenvalue weighted by Gasteiger charge is -2.10. The Morgan fingerprint density at radius 2 is 1.81 bits per heavy atom. The average Bonchev–Trinajstić information content (AvgIpc) is 2.49. The average molecular weight is 305 g/mol. The number of nitrogens with one attached hydrogen (secondary N) is 2. The molecule has 0 aliphatic heterocycles. The summed E-state index contributed by atoms with van der Waals surface area (Å²) in [5.74, 6) is 0.193. The lowest BCUT2D eigenvalue weighted by Crippen LogP contribution is -2.09. The zero-order valence-electron chi connectivity index (χ0n) is 11.7. The Kier molecular flexibility index (Phi) is 5.06. The highest BCUT2D eigenvalue weighted by molar-refractivity contribution is 6.30. The third-order valence-electron chi connectivity index (χ3n) is 3.01. The van der Waals surface area contributed by atoms with Crippen LogP contribution in [0, 0.1) is 0 Å². The lowest BCUT2D eigenvalue weighted by molar-refractivity contribution is -0.115. The third-order valence-corrected chi connectivity index (χ3v) is 3.25. The topological polar surface area (TPSA) is 61.4 Å². The first-order valence-electron chi connectivity index (χ1n) is 6.69. The minimum atomic E-state index is -0.0143. The monoisotopic (exact) mass is 304 g/mol. The second-order valence-corrected chi connectivity index (χ2v) is 5.04. The number of anilines is 2. The van der Waals surface area contributed by atoms with E-state index in [4.69, 9.17) is 11.6 Å². The molecule has 0 aromatic heterocycles. The summed E-state index contributed by atoms with van der Waals surface area (Å²) >= 11 is 5.90. The summed E-state index contributed by atoms with van der Waals surface area (Å²) in [7, 11) is 0. The smallest absolute Gasteiger partial charge is 0.224 e. The Balaban J connectivity index is 1.97. The highest BCUT2D eigenvalue weighted by Crippen LogP contribution is 2.23. The Morgan fingerprint density at radius 1 is 1.14 bits per heavy atom. The molecule has 0 atom stereocenters. The van der Waals surface area contributed by atoms with Gasteiger partial charge in [-0.05, 0) is 42.5 Å². The zero-order valence-corrected chi connectivity index (χ0v) is 12.4. The van der Waals surface area contributed by atoms with E-state index >= 15 is 0 Å². The molecule has 3 N–H and O–H groups in total. The van der Waals surface area contributed by atoms with E-state index in [-0.39, 0.29) is 11.7 Å². The van der Waals surface area contributed by atoms with Gasteiger partial charge in [0.25, 0.3) is 0 Å². The summed E-state index contributed by atoms with van der Waals surface area (Å²) in [6, 6.07) is 12.3. The molecule has 0 aliphatic rings. The van der Waals surface area contributed by atoms with Gasteiger partial charge in [-0.25, -0.2) is 0 Å². The summed E-state index contributed by atoms with van der Waals surface area (Å²) in [5.41, 5.74) is 2.38. The van der Waals surface area contributed by atoms with Crippen LogP contribution in [0.2, 0.25) is 5.02 Å². The second kappa shape index (κ2) is 6.99. The van der Waals surface area contributed by atoms with E-state index in [0.29, 0.717) is 18.0 Å². The number of amides is 1. The van der Waals surface area contributed by atoms with Crippen LogP contribution in [-0.2, 0) is 11.3 Å². The number of benzene rings is 2. The fourth-order valence-corrected chi connectivity index (χ4v) is 2.01. The molecule has 2 rings (SSSR count). The summed E-state index contributed by atoms with van der Waals surface area (Å²) in [5, 5.41) is 16.3. The van der Waals surface area contributed by atoms with Gasteiger partial charge in [0.2, 0.25) is 5.91 Å². The molecule has 5 heteroatoms. The molecule has 0 saturated heterocycles. The molecule has 21 heavy (non-hydrogen) atoms. The quantitative estimate of drug-likeness (QED) is 0.782. The van der Waals surface area contributed by atoms with E-state index in [1.54, 1.807) is 18.2 Å². The van der Waals surface area contributed by atoms with Gasteiger partial charge < -0.3 is 15.7 Å². The van der Waals surface area contributed by atoms with Gasteiger partial charge in [0, 0.05) is 34.9 Å². The molecular weight excluding hydrogens is 288 g/mol. The number of carbonyl (C=O) groups is 1. The molecule has 0 unspecified atom stereocenters. The number of phenols is 1. The molecule has 2 aromatic rings. The summed E-state index contributed by atoms with van der Waals surface area (Å²) < 4.78 is 0. The highest BCUT2D eigenvalue weighted by atomic mass is 35.5. The van der Waals surface area contributed by atoms with Crippen LogP contribution in [0.3, 0.4) is 0 Å². The van der Waals surface area contributed by atoms with Crippen molar-refractivity contribution in [1.29, 1.82) is 0 Å². The molecule has 0 bridgehead atoms. The third kappa shape index (κ3) is 4.39. The molecule has 0 spiro atoms. The maximum Gasteiger partial charge on any atom is 0.224 e. The van der Waals surface area contributed by atoms with Crippen LogP contribution in [-0.4, -0.2) is 11.0 Å². The number of phenolic OH excluding ortho intramolecular Hbond substituents is 1. The van der Waals surface area contributed by atoms with Crippen molar-refractivity contribution in [3.63, 3.8) is 0 Å². The van der Waals surface area contributed by atoms with E-state index in [2.05, 4.69) is 10.6 Å². The fraction of sp³-hybridized carbons (Fsp3) is 0.188. The summed E-state index contributed by atoms with van der Waals surface area (Å²) in [6.45, 7) is 2.27. The van der Waals surface area contributed by atoms with E-state index in [9.17, 15) is 9.90 Å². The van der Waals surface area contributed by atoms with Crippen LogP contribution < -0.4 is 10.6 Å². The van der Waals surface area contributed by atoms with Crippen LogP contribution in [0.5, 0.6) is 5.75 Å². The predicted molar refractivity (Wildman–Crippen MR) is 85.8 cm³/mol. The van der Waals surface area contributed by atoms with Crippen LogP contribution in [0.4, 0.5) is 11.4 Å². The van der Waals surface area contributed by atoms with Crippen molar-refractivity contribution in [3.8, 4) is 5.75 Å². The summed E-state index contributed by atoms with van der Waals surface area (Å²) in [4.78, 5) is 11.3. The van der Waals surface area contributed by atoms with Gasteiger partial charge in [-0.3, -0.25) is 4.79 Å². The van der Waals surface area contributed by atoms with E-state index in [1.807, 2.05) is 31.2 Å². The largest absolute Gasteiger partial charge is 0.508 e. The van der Waals surface area contributed by atoms with Gasteiger partial charge in [0.05, 0.1) is 0 Å². The standard InChI is InChI=1S/C16H17ClN2O2/c1-2-16(21)19-14-6-4-13(5-7-14)18-10-11-9-12(17)3-8-15(11)20/h3-9,18,20H,2,10H2,1H3,(H,19,21). The maximum absolute atomic E-state index is 11.3. The lowest BCUT2D eigenvalue weighted by atomic mass is 10.2. The molecule has 4 nitrogen and oxygen atoms in total. The Labute approximate surface area is 128 Å². The first kappa shape index (κ1) is 15.2. The molecule has 2 aromatic carbocycles. The van der Waals surface area contributed by atoms with E-state index < -0.39 is 0 Å². The van der Waals surface area contributed by atoms with Crippen molar-refractivity contribution in [3.05, 3.63) is 53.1 Å². The first-order chi connectivity index (χ1) is 10.1. The van der Waals surface area contributed by atoms with Gasteiger partial charge >= 0.3 is 0 Å². The van der Waals surface area contributed by atoms with Crippen molar-refractivity contribution in [2.24, 2.45) is 0 Å². The van der Waals surface area contributed by atoms with Gasteiger partial charge in [-0.2, -0.15) is 0 Å². The molecule has 0 saturated carbocycles. The molecule has 1 amide bonds. The van der Waals surface area contributed by atoms with Crippen LogP contribution in [0.1, 0.15) is 18.9 Å². The normalized spacial score (nSPS) is 10.2. The number of halogens is 1. The van der Waals surface area contributed by atoms with Crippen molar-refractivity contribution in [2.45, 2.75) is 19.9 Å². The summed E-state index contributed by atoms with van der Waals surface area (Å²) in [6.07, 6.45) is 0.452. The first-order valence-corrected chi connectivity index (χ1v) is 7.07. The molecule has 110 valence electrons. The van der Waals surface area contributed by atoms with Crippen LogP contribution >= 0.6 is 11.6 Å². The number of rotatable bonds is 5. The fourth-order valence-electron chi connectivity index (χ4n) is 1.81. The van der Waals surface area contributed by atoms with Gasteiger partial charge in [0.1, 0.15) is 5.75 Å². The van der Waals surface area contributed by atoms with E-state index in [0.717, 1.165) is 16.9 Å². The highest BCUT2D eigenvalue weighted by Gasteiger charge is 2.03. The minimum Gasteiger partial charge on any atom is -0.508 e. The van der Waals surface area contributed by atoms with Crippen LogP contribution in [0.15, 0.2) is 42.5 Å². The van der Waals surface area contributed by atoms with E-state index in [1.165, 1.54) is 0 Å². The van der Waals surface area contributed by atoms with Crippen molar-refractivity contribution in [2.75, 3.05) is 10.6 Å². The number of carbonyl (C=O) groups excluding carboxylic acids is 1. The molecule has 0 heterocycles. The predicted octanol–water partition coefficient (Wildman–Crippen LogP) is 4.01. The molecular formula is C16H17ClN2O2. The number of hydrogen-bond acceptors (Lipinski definition) is 3. The van der Waals surface area contributed by atoms with Crippen molar-refractivity contribution >= 4 is 28.9 Å². The molecule has 0 fully saturated rings. The Bertz CT molecular complexity index is 627. The van der Waals surface area contributed by atoms with Gasteiger partial charge in [0.15, 0.2) is 0 Å². The van der Waals surface area contributed by atoms with Gasteiger partial charge in [-0.1, -0.05) is 18.5 Å². The van der Waals surface area contributed by atoms with Crippen molar-refractivity contribution < 1.29 is 9.90 Å². The number of hydrogen-bond donors (Lipinski definition) is 3.